The molecule has 0 atom stereocenters. The van der Waals surface area contributed by atoms with Crippen LogP contribution in [0.3, 0.4) is 0 Å². The molecule has 3 rings (SSSR count). The van der Waals surface area contributed by atoms with Crippen LogP contribution < -0.4 is 4.74 Å². The number of carbonyl (C=O) groups excluding carboxylic acids is 1. The third-order valence-corrected chi connectivity index (χ3v) is 5.46. The Morgan fingerprint density at radius 2 is 1.96 bits per heavy atom. The Morgan fingerprint density at radius 1 is 1.19 bits per heavy atom. The van der Waals surface area contributed by atoms with Gasteiger partial charge in [-0.15, -0.1) is 16.4 Å². The maximum Gasteiger partial charge on any atom is 0.515 e. The second kappa shape index (κ2) is 8.52. The number of hydrogen-bond acceptors (Lipinski definition) is 5. The number of carbonyl (C=O) groups is 1. The van der Waals surface area contributed by atoms with Gasteiger partial charge in [0, 0.05) is 10.6 Å². The van der Waals surface area contributed by atoms with Gasteiger partial charge in [0.2, 0.25) is 5.88 Å². The van der Waals surface area contributed by atoms with Crippen molar-refractivity contribution in [3.8, 4) is 22.1 Å². The van der Waals surface area contributed by atoms with Gasteiger partial charge < -0.3 is 9.47 Å². The van der Waals surface area contributed by atoms with E-state index >= 15 is 0 Å². The van der Waals surface area contributed by atoms with E-state index in [9.17, 15) is 4.79 Å². The van der Waals surface area contributed by atoms with Crippen LogP contribution in [0.1, 0.15) is 19.4 Å². The van der Waals surface area contributed by atoms with Crippen molar-refractivity contribution in [2.45, 2.75) is 20.3 Å². The summed E-state index contributed by atoms with van der Waals surface area (Å²) >= 11 is 19.9. The van der Waals surface area contributed by atoms with Crippen molar-refractivity contribution < 1.29 is 14.3 Å². The predicted molar refractivity (Wildman–Crippen MR) is 109 cm³/mol. The zero-order valence-corrected chi connectivity index (χ0v) is 17.5. The van der Waals surface area contributed by atoms with Crippen LogP contribution in [0.15, 0.2) is 30.3 Å². The highest BCUT2D eigenvalue weighted by Gasteiger charge is 2.24. The molecule has 2 aromatic heterocycles. The summed E-state index contributed by atoms with van der Waals surface area (Å²) in [5.74, 6) is 0.168. The maximum absolute atomic E-state index is 11.8. The van der Waals surface area contributed by atoms with Crippen molar-refractivity contribution in [3.63, 3.8) is 0 Å². The molecule has 0 aliphatic heterocycles. The molecule has 0 aliphatic rings. The van der Waals surface area contributed by atoms with Crippen LogP contribution in [0.4, 0.5) is 4.79 Å². The van der Waals surface area contributed by atoms with E-state index in [1.54, 1.807) is 35.9 Å². The Labute approximate surface area is 175 Å². The molecular weight excluding hydrogens is 431 g/mol. The SMILES string of the molecule is CCOC(=O)Oc1nn(-c2ccc(Cl)cc2Cl)c(-c2ccc(Cl)s2)c1CC. The predicted octanol–water partition coefficient (Wildman–Crippen LogP) is 6.66. The summed E-state index contributed by atoms with van der Waals surface area (Å²) in [6.07, 6.45) is -0.236. The average Bonchev–Trinajstić information content (AvgIpc) is 3.18. The highest BCUT2D eigenvalue weighted by molar-refractivity contribution is 7.19. The van der Waals surface area contributed by atoms with E-state index in [1.165, 1.54) is 11.3 Å². The Morgan fingerprint density at radius 3 is 2.56 bits per heavy atom. The summed E-state index contributed by atoms with van der Waals surface area (Å²) in [4.78, 5) is 12.7. The molecule has 2 heterocycles. The molecule has 0 amide bonds. The molecule has 27 heavy (non-hydrogen) atoms. The number of nitrogens with zero attached hydrogens (tertiary/aromatic N) is 2. The van der Waals surface area contributed by atoms with Crippen LogP contribution in [-0.2, 0) is 11.2 Å². The summed E-state index contributed by atoms with van der Waals surface area (Å²) in [5, 5.41) is 5.40. The highest BCUT2D eigenvalue weighted by atomic mass is 35.5. The smallest absolute Gasteiger partial charge is 0.434 e. The number of benzene rings is 1. The molecule has 0 unspecified atom stereocenters. The van der Waals surface area contributed by atoms with E-state index in [-0.39, 0.29) is 12.5 Å². The van der Waals surface area contributed by atoms with Crippen molar-refractivity contribution in [3.05, 3.63) is 50.3 Å². The number of ether oxygens (including phenoxy) is 2. The lowest BCUT2D eigenvalue weighted by Gasteiger charge is -2.09. The fraction of sp³-hybridized carbons (Fsp3) is 0.222. The lowest BCUT2D eigenvalue weighted by Crippen LogP contribution is -2.11. The number of halogens is 3. The minimum absolute atomic E-state index is 0.168. The second-order valence-corrected chi connectivity index (χ2v) is 7.94. The quantitative estimate of drug-likeness (QED) is 0.412. The van der Waals surface area contributed by atoms with E-state index in [1.807, 2.05) is 13.0 Å². The van der Waals surface area contributed by atoms with Crippen molar-refractivity contribution >= 4 is 52.3 Å². The Hall–Kier alpha value is -1.73. The number of aromatic nitrogens is 2. The van der Waals surface area contributed by atoms with E-state index in [0.29, 0.717) is 26.5 Å². The molecule has 9 heteroatoms. The molecule has 142 valence electrons. The topological polar surface area (TPSA) is 53.4 Å². The van der Waals surface area contributed by atoms with Crippen LogP contribution in [0, 0.1) is 0 Å². The summed E-state index contributed by atoms with van der Waals surface area (Å²) in [7, 11) is 0. The van der Waals surface area contributed by atoms with E-state index in [2.05, 4.69) is 5.10 Å². The van der Waals surface area contributed by atoms with Crippen molar-refractivity contribution in [1.29, 1.82) is 0 Å². The molecule has 3 aromatic rings. The van der Waals surface area contributed by atoms with E-state index < -0.39 is 6.16 Å². The Bertz CT molecular complexity index is 984. The normalized spacial score (nSPS) is 10.9. The molecule has 0 spiro atoms. The van der Waals surface area contributed by atoms with E-state index in [4.69, 9.17) is 44.3 Å². The third kappa shape index (κ3) is 4.24. The first-order valence-electron chi connectivity index (χ1n) is 8.12. The first-order chi connectivity index (χ1) is 12.9. The van der Waals surface area contributed by atoms with Crippen LogP contribution in [0.5, 0.6) is 5.88 Å². The molecular formula is C18H15Cl3N2O3S. The van der Waals surface area contributed by atoms with Crippen LogP contribution in [0.2, 0.25) is 14.4 Å². The van der Waals surface area contributed by atoms with Gasteiger partial charge in [0.05, 0.1) is 32.2 Å². The third-order valence-electron chi connectivity index (χ3n) is 3.69. The van der Waals surface area contributed by atoms with Crippen LogP contribution in [-0.4, -0.2) is 22.5 Å². The zero-order valence-electron chi connectivity index (χ0n) is 14.5. The molecule has 0 aliphatic carbocycles. The van der Waals surface area contributed by atoms with Crippen LogP contribution >= 0.6 is 46.1 Å². The molecule has 0 saturated carbocycles. The van der Waals surface area contributed by atoms with Gasteiger partial charge in [0.1, 0.15) is 0 Å². The molecule has 0 bridgehead atoms. The molecule has 0 fully saturated rings. The summed E-state index contributed by atoms with van der Waals surface area (Å²) < 4.78 is 12.5. The van der Waals surface area contributed by atoms with Gasteiger partial charge in [-0.25, -0.2) is 9.48 Å². The fourth-order valence-corrected chi connectivity index (χ4v) is 4.17. The first kappa shape index (κ1) is 20.0. The minimum atomic E-state index is -0.810. The van der Waals surface area contributed by atoms with Gasteiger partial charge in [-0.1, -0.05) is 41.7 Å². The number of rotatable bonds is 5. The largest absolute Gasteiger partial charge is 0.515 e. The lowest BCUT2D eigenvalue weighted by atomic mass is 10.1. The monoisotopic (exact) mass is 444 g/mol. The van der Waals surface area contributed by atoms with Crippen LogP contribution in [0.25, 0.3) is 16.3 Å². The van der Waals surface area contributed by atoms with Gasteiger partial charge in [0.15, 0.2) is 0 Å². The van der Waals surface area contributed by atoms with Crippen molar-refractivity contribution in [1.82, 2.24) is 9.78 Å². The number of thiophene rings is 1. The van der Waals surface area contributed by atoms with Crippen molar-refractivity contribution in [2.75, 3.05) is 6.61 Å². The van der Waals surface area contributed by atoms with Gasteiger partial charge >= 0.3 is 6.16 Å². The van der Waals surface area contributed by atoms with Crippen molar-refractivity contribution in [2.24, 2.45) is 0 Å². The molecule has 0 N–H and O–H groups in total. The minimum Gasteiger partial charge on any atom is -0.434 e. The average molecular weight is 446 g/mol. The second-order valence-electron chi connectivity index (χ2n) is 5.38. The number of hydrogen-bond donors (Lipinski definition) is 0. The molecule has 0 radical (unpaired) electrons. The molecule has 0 saturated heterocycles. The Kier molecular flexibility index (Phi) is 6.32. The fourth-order valence-electron chi connectivity index (χ4n) is 2.58. The van der Waals surface area contributed by atoms with Gasteiger partial charge in [-0.3, -0.25) is 0 Å². The lowest BCUT2D eigenvalue weighted by molar-refractivity contribution is 0.102. The zero-order chi connectivity index (χ0) is 19.6. The molecule has 5 nitrogen and oxygen atoms in total. The summed E-state index contributed by atoms with van der Waals surface area (Å²) in [5.41, 5.74) is 2.10. The van der Waals surface area contributed by atoms with Gasteiger partial charge in [-0.05, 0) is 43.7 Å². The summed E-state index contributed by atoms with van der Waals surface area (Å²) in [6, 6.07) is 8.78. The first-order valence-corrected chi connectivity index (χ1v) is 10.1. The summed E-state index contributed by atoms with van der Waals surface area (Å²) in [6.45, 7) is 3.85. The maximum atomic E-state index is 11.8. The standard InChI is InChI=1S/C18H15Cl3N2O3S/c1-3-11-16(14-7-8-15(21)27-14)23(13-6-5-10(19)9-12(13)20)22-17(11)26-18(24)25-4-2/h5-9H,3-4H2,1-2H3. The van der Waals surface area contributed by atoms with E-state index in [0.717, 1.165) is 16.1 Å². The Balaban J connectivity index is 2.21. The highest BCUT2D eigenvalue weighted by Crippen LogP contribution is 2.40. The van der Waals surface area contributed by atoms with Gasteiger partial charge in [-0.2, -0.15) is 0 Å². The molecule has 1 aromatic carbocycles. The van der Waals surface area contributed by atoms with Gasteiger partial charge in [0.25, 0.3) is 0 Å².